The van der Waals surface area contributed by atoms with E-state index in [-0.39, 0.29) is 5.91 Å². The van der Waals surface area contributed by atoms with Gasteiger partial charge in [0.1, 0.15) is 12.2 Å². The highest BCUT2D eigenvalue weighted by Gasteiger charge is 2.02. The minimum absolute atomic E-state index is 0.0855. The molecule has 1 aromatic heterocycles. The number of benzene rings is 1. The predicted octanol–water partition coefficient (Wildman–Crippen LogP) is 1.53. The normalized spacial score (nSPS) is 10.1. The van der Waals surface area contributed by atoms with Crippen LogP contribution in [0, 0.1) is 6.92 Å². The third kappa shape index (κ3) is 2.08. The van der Waals surface area contributed by atoms with Crippen molar-refractivity contribution >= 4 is 11.6 Å². The van der Waals surface area contributed by atoms with E-state index in [9.17, 15) is 4.79 Å². The first-order valence-electron chi connectivity index (χ1n) is 4.91. The molecule has 82 valence electrons. The highest BCUT2D eigenvalue weighted by Crippen LogP contribution is 2.15. The van der Waals surface area contributed by atoms with E-state index in [1.54, 1.807) is 6.33 Å². The second-order valence-electron chi connectivity index (χ2n) is 3.48. The van der Waals surface area contributed by atoms with Crippen LogP contribution in [0.1, 0.15) is 12.7 Å². The van der Waals surface area contributed by atoms with Crippen LogP contribution in [0.3, 0.4) is 0 Å². The molecule has 0 unspecified atom stereocenters. The van der Waals surface area contributed by atoms with E-state index < -0.39 is 0 Å². The van der Waals surface area contributed by atoms with Crippen LogP contribution in [-0.4, -0.2) is 20.7 Å². The van der Waals surface area contributed by atoms with Crippen LogP contribution in [0.5, 0.6) is 0 Å². The Kier molecular flexibility index (Phi) is 2.68. The number of anilines is 1. The summed E-state index contributed by atoms with van der Waals surface area (Å²) < 4.78 is 1.85. The fourth-order valence-corrected chi connectivity index (χ4v) is 1.48. The van der Waals surface area contributed by atoms with Crippen LogP contribution in [0.15, 0.2) is 30.6 Å². The van der Waals surface area contributed by atoms with Crippen molar-refractivity contribution < 1.29 is 4.79 Å². The number of aryl methyl sites for hydroxylation is 1. The quantitative estimate of drug-likeness (QED) is 0.828. The van der Waals surface area contributed by atoms with E-state index >= 15 is 0 Å². The van der Waals surface area contributed by atoms with Gasteiger partial charge in [0, 0.05) is 12.6 Å². The SMILES string of the molecule is CC(=O)Nc1cccc(-n2cnnc2C)c1. The first kappa shape index (κ1) is 10.4. The number of aromatic nitrogens is 3. The zero-order chi connectivity index (χ0) is 11.5. The second kappa shape index (κ2) is 4.14. The smallest absolute Gasteiger partial charge is 0.221 e. The van der Waals surface area contributed by atoms with E-state index in [4.69, 9.17) is 0 Å². The molecule has 5 nitrogen and oxygen atoms in total. The van der Waals surface area contributed by atoms with Crippen molar-refractivity contribution in [1.82, 2.24) is 14.8 Å². The van der Waals surface area contributed by atoms with Crippen LogP contribution in [-0.2, 0) is 4.79 Å². The summed E-state index contributed by atoms with van der Waals surface area (Å²) in [7, 11) is 0. The maximum absolute atomic E-state index is 10.9. The molecule has 0 saturated carbocycles. The van der Waals surface area contributed by atoms with E-state index in [1.165, 1.54) is 6.92 Å². The third-order valence-electron chi connectivity index (χ3n) is 2.16. The lowest BCUT2D eigenvalue weighted by Gasteiger charge is -2.06. The predicted molar refractivity (Wildman–Crippen MR) is 60.4 cm³/mol. The molecule has 0 bridgehead atoms. The van der Waals surface area contributed by atoms with Crippen LogP contribution in [0.4, 0.5) is 5.69 Å². The van der Waals surface area contributed by atoms with Crippen LogP contribution >= 0.6 is 0 Å². The number of rotatable bonds is 2. The largest absolute Gasteiger partial charge is 0.326 e. The van der Waals surface area contributed by atoms with Gasteiger partial charge in [0.2, 0.25) is 5.91 Å². The molecule has 0 spiro atoms. The molecular weight excluding hydrogens is 204 g/mol. The number of nitrogens with one attached hydrogen (secondary N) is 1. The summed E-state index contributed by atoms with van der Waals surface area (Å²) in [4.78, 5) is 10.9. The summed E-state index contributed by atoms with van der Waals surface area (Å²) in [5.41, 5.74) is 1.69. The molecule has 1 amide bonds. The Morgan fingerprint density at radius 3 is 2.88 bits per heavy atom. The van der Waals surface area contributed by atoms with Crippen molar-refractivity contribution in [2.45, 2.75) is 13.8 Å². The van der Waals surface area contributed by atoms with Crippen molar-refractivity contribution in [2.24, 2.45) is 0 Å². The molecule has 0 fully saturated rings. The number of amides is 1. The Balaban J connectivity index is 2.36. The molecule has 1 heterocycles. The van der Waals surface area contributed by atoms with Crippen molar-refractivity contribution in [3.8, 4) is 5.69 Å². The Bertz CT molecular complexity index is 518. The van der Waals surface area contributed by atoms with E-state index in [0.29, 0.717) is 0 Å². The van der Waals surface area contributed by atoms with Gasteiger partial charge in [0.15, 0.2) is 0 Å². The lowest BCUT2D eigenvalue weighted by atomic mass is 10.2. The number of hydrogen-bond donors (Lipinski definition) is 1. The van der Waals surface area contributed by atoms with E-state index in [0.717, 1.165) is 17.2 Å². The molecule has 0 radical (unpaired) electrons. The summed E-state index contributed by atoms with van der Waals surface area (Å²) in [6, 6.07) is 7.52. The number of hydrogen-bond acceptors (Lipinski definition) is 3. The minimum Gasteiger partial charge on any atom is -0.326 e. The lowest BCUT2D eigenvalue weighted by molar-refractivity contribution is -0.114. The highest BCUT2D eigenvalue weighted by molar-refractivity contribution is 5.88. The average Bonchev–Trinajstić information content (AvgIpc) is 2.64. The zero-order valence-corrected chi connectivity index (χ0v) is 9.14. The Morgan fingerprint density at radius 2 is 2.25 bits per heavy atom. The molecule has 1 N–H and O–H groups in total. The Morgan fingerprint density at radius 1 is 1.44 bits per heavy atom. The Labute approximate surface area is 93.1 Å². The maximum Gasteiger partial charge on any atom is 0.221 e. The molecule has 2 aromatic rings. The second-order valence-corrected chi connectivity index (χ2v) is 3.48. The third-order valence-corrected chi connectivity index (χ3v) is 2.16. The molecule has 2 rings (SSSR count). The molecule has 1 aromatic carbocycles. The summed E-state index contributed by atoms with van der Waals surface area (Å²) in [6.45, 7) is 3.36. The van der Waals surface area contributed by atoms with Crippen LogP contribution in [0.2, 0.25) is 0 Å². The van der Waals surface area contributed by atoms with Gasteiger partial charge in [0.05, 0.1) is 5.69 Å². The molecule has 0 aliphatic heterocycles. The first-order chi connectivity index (χ1) is 7.66. The topological polar surface area (TPSA) is 59.8 Å². The van der Waals surface area contributed by atoms with Crippen molar-refractivity contribution in [1.29, 1.82) is 0 Å². The minimum atomic E-state index is -0.0855. The standard InChI is InChI=1S/C11H12N4O/c1-8-14-12-7-15(8)11-5-3-4-10(6-11)13-9(2)16/h3-7H,1-2H3,(H,13,16). The average molecular weight is 216 g/mol. The van der Waals surface area contributed by atoms with Gasteiger partial charge in [-0.2, -0.15) is 0 Å². The van der Waals surface area contributed by atoms with Gasteiger partial charge in [-0.25, -0.2) is 0 Å². The molecule has 16 heavy (non-hydrogen) atoms. The number of carbonyl (C=O) groups is 1. The van der Waals surface area contributed by atoms with E-state index in [2.05, 4.69) is 15.5 Å². The molecule has 0 aliphatic rings. The van der Waals surface area contributed by atoms with Crippen molar-refractivity contribution in [3.05, 3.63) is 36.4 Å². The van der Waals surface area contributed by atoms with E-state index in [1.807, 2.05) is 35.8 Å². The summed E-state index contributed by atoms with van der Waals surface area (Å²) in [5.74, 6) is 0.720. The van der Waals surface area contributed by atoms with Gasteiger partial charge in [0.25, 0.3) is 0 Å². The highest BCUT2D eigenvalue weighted by atomic mass is 16.1. The fourth-order valence-electron chi connectivity index (χ4n) is 1.48. The van der Waals surface area contributed by atoms with Gasteiger partial charge in [-0.15, -0.1) is 10.2 Å². The van der Waals surface area contributed by atoms with Crippen molar-refractivity contribution in [2.75, 3.05) is 5.32 Å². The van der Waals surface area contributed by atoms with Gasteiger partial charge in [-0.1, -0.05) is 6.07 Å². The first-order valence-corrected chi connectivity index (χ1v) is 4.91. The molecule has 0 atom stereocenters. The summed E-state index contributed by atoms with van der Waals surface area (Å²) >= 11 is 0. The van der Waals surface area contributed by atoms with Crippen LogP contribution < -0.4 is 5.32 Å². The maximum atomic E-state index is 10.9. The van der Waals surface area contributed by atoms with Gasteiger partial charge >= 0.3 is 0 Å². The van der Waals surface area contributed by atoms with Gasteiger partial charge < -0.3 is 5.32 Å². The molecule has 0 saturated heterocycles. The Hall–Kier alpha value is -2.17. The number of carbonyl (C=O) groups excluding carboxylic acids is 1. The number of nitrogens with zero attached hydrogens (tertiary/aromatic N) is 3. The summed E-state index contributed by atoms with van der Waals surface area (Å²) in [6.07, 6.45) is 1.64. The molecule has 0 aliphatic carbocycles. The van der Waals surface area contributed by atoms with Crippen molar-refractivity contribution in [3.63, 3.8) is 0 Å². The molecular formula is C11H12N4O. The van der Waals surface area contributed by atoms with Crippen LogP contribution in [0.25, 0.3) is 5.69 Å². The van der Waals surface area contributed by atoms with Gasteiger partial charge in [-0.3, -0.25) is 9.36 Å². The summed E-state index contributed by atoms with van der Waals surface area (Å²) in [5, 5.41) is 10.5. The molecule has 5 heteroatoms. The zero-order valence-electron chi connectivity index (χ0n) is 9.14. The lowest BCUT2D eigenvalue weighted by Crippen LogP contribution is -2.06. The monoisotopic (exact) mass is 216 g/mol. The fraction of sp³-hybridized carbons (Fsp3) is 0.182. The van der Waals surface area contributed by atoms with Gasteiger partial charge in [-0.05, 0) is 25.1 Å².